The SMILES string of the molecule is CC(C)=CCOC(C)(C)C1C[C@H](OC(=O)/C=C/c2ccc(OCCCO)c(C#N)c2)CCC12CO2. The zero-order valence-electron chi connectivity index (χ0n) is 21.2. The van der Waals surface area contributed by atoms with Gasteiger partial charge in [-0.05, 0) is 70.7 Å². The van der Waals surface area contributed by atoms with Gasteiger partial charge in [0.25, 0.3) is 0 Å². The highest BCUT2D eigenvalue weighted by atomic mass is 16.6. The molecule has 1 aromatic rings. The molecule has 0 amide bonds. The Balaban J connectivity index is 1.59. The van der Waals surface area contributed by atoms with Crippen LogP contribution >= 0.6 is 0 Å². The first-order valence-corrected chi connectivity index (χ1v) is 12.3. The van der Waals surface area contributed by atoms with Crippen molar-refractivity contribution in [1.82, 2.24) is 0 Å². The van der Waals surface area contributed by atoms with Crippen LogP contribution in [0.1, 0.15) is 64.5 Å². The molecule has 7 heteroatoms. The van der Waals surface area contributed by atoms with Gasteiger partial charge >= 0.3 is 5.97 Å². The highest BCUT2D eigenvalue weighted by Crippen LogP contribution is 2.51. The largest absolute Gasteiger partial charge is 0.492 e. The van der Waals surface area contributed by atoms with E-state index in [1.165, 1.54) is 11.6 Å². The summed E-state index contributed by atoms with van der Waals surface area (Å²) in [5.74, 6) is 0.179. The van der Waals surface area contributed by atoms with Crippen molar-refractivity contribution in [2.45, 2.75) is 70.7 Å². The van der Waals surface area contributed by atoms with Crippen molar-refractivity contribution in [2.24, 2.45) is 5.92 Å². The van der Waals surface area contributed by atoms with E-state index >= 15 is 0 Å². The number of esters is 1. The van der Waals surface area contributed by atoms with Gasteiger partial charge in [0.15, 0.2) is 0 Å². The van der Waals surface area contributed by atoms with Crippen molar-refractivity contribution in [3.63, 3.8) is 0 Å². The van der Waals surface area contributed by atoms with Crippen LogP contribution in [0.2, 0.25) is 0 Å². The number of allylic oxidation sites excluding steroid dienone is 1. The molecule has 1 N–H and O–H groups in total. The zero-order chi connectivity index (χ0) is 25.5. The van der Waals surface area contributed by atoms with Gasteiger partial charge in [-0.15, -0.1) is 0 Å². The number of nitriles is 1. The molecule has 2 unspecified atom stereocenters. The van der Waals surface area contributed by atoms with E-state index in [4.69, 9.17) is 24.1 Å². The average Bonchev–Trinajstić information content (AvgIpc) is 3.59. The lowest BCUT2D eigenvalue weighted by atomic mass is 9.70. The lowest BCUT2D eigenvalue weighted by molar-refractivity contribution is -0.152. The molecule has 1 spiro atoms. The Labute approximate surface area is 208 Å². The second-order valence-electron chi connectivity index (χ2n) is 10.1. The molecule has 1 aliphatic heterocycles. The lowest BCUT2D eigenvalue weighted by Crippen LogP contribution is -2.49. The van der Waals surface area contributed by atoms with Crippen LogP contribution in [0.5, 0.6) is 5.75 Å². The number of aliphatic hydroxyl groups excluding tert-OH is 1. The number of benzene rings is 1. The van der Waals surface area contributed by atoms with E-state index in [2.05, 4.69) is 26.0 Å². The van der Waals surface area contributed by atoms with E-state index < -0.39 is 11.6 Å². The number of nitrogens with zero attached hydrogens (tertiary/aromatic N) is 1. The Kier molecular flexibility index (Phi) is 9.12. The predicted octanol–water partition coefficient (Wildman–Crippen LogP) is 4.57. The summed E-state index contributed by atoms with van der Waals surface area (Å²) in [7, 11) is 0. The summed E-state index contributed by atoms with van der Waals surface area (Å²) < 4.78 is 23.4. The van der Waals surface area contributed by atoms with E-state index in [0.717, 1.165) is 19.4 Å². The molecule has 190 valence electrons. The highest BCUT2D eigenvalue weighted by Gasteiger charge is 2.59. The molecule has 1 heterocycles. The van der Waals surface area contributed by atoms with Crippen LogP contribution in [0.15, 0.2) is 35.9 Å². The number of carbonyl (C=O) groups excluding carboxylic acids is 1. The van der Waals surface area contributed by atoms with Crippen LogP contribution in [-0.4, -0.2) is 54.8 Å². The Morgan fingerprint density at radius 3 is 2.80 bits per heavy atom. The maximum absolute atomic E-state index is 12.6. The third-order valence-electron chi connectivity index (χ3n) is 6.70. The highest BCUT2D eigenvalue weighted by molar-refractivity contribution is 5.87. The summed E-state index contributed by atoms with van der Waals surface area (Å²) in [6.45, 7) is 9.92. The number of epoxide rings is 1. The number of ether oxygens (including phenoxy) is 4. The molecule has 1 aliphatic carbocycles. The van der Waals surface area contributed by atoms with Gasteiger partial charge in [-0.25, -0.2) is 4.79 Å². The van der Waals surface area contributed by atoms with Gasteiger partial charge in [-0.1, -0.05) is 17.7 Å². The van der Waals surface area contributed by atoms with E-state index in [1.807, 2.05) is 13.8 Å². The maximum atomic E-state index is 12.6. The third kappa shape index (κ3) is 7.41. The topological polar surface area (TPSA) is 101 Å². The van der Waals surface area contributed by atoms with Crippen LogP contribution in [-0.2, 0) is 19.0 Å². The number of rotatable bonds is 11. The standard InChI is InChI=1S/C28H37NO6/c1-20(2)11-15-33-27(3,4)25-17-23(10-12-28(25)19-34-28)35-26(31)9-7-21-6-8-24(22(16-21)18-29)32-14-5-13-30/h6-9,11,16,23,25,30H,5,10,12-15,17,19H2,1-4H3/b9-7+/t23-,25?,28?/m1/s1. The zero-order valence-corrected chi connectivity index (χ0v) is 21.2. The molecule has 3 rings (SSSR count). The number of aliphatic hydroxyl groups is 1. The molecule has 0 radical (unpaired) electrons. The molecular weight excluding hydrogens is 446 g/mol. The first-order valence-electron chi connectivity index (χ1n) is 12.3. The summed E-state index contributed by atoms with van der Waals surface area (Å²) in [6, 6.07) is 7.23. The molecule has 35 heavy (non-hydrogen) atoms. The normalized spacial score (nSPS) is 23.7. The van der Waals surface area contributed by atoms with Gasteiger partial charge in [-0.2, -0.15) is 5.26 Å². The summed E-state index contributed by atoms with van der Waals surface area (Å²) in [5.41, 5.74) is 1.72. The lowest BCUT2D eigenvalue weighted by Gasteiger charge is -2.43. The summed E-state index contributed by atoms with van der Waals surface area (Å²) >= 11 is 0. The Morgan fingerprint density at radius 1 is 1.37 bits per heavy atom. The van der Waals surface area contributed by atoms with Crippen molar-refractivity contribution < 1.29 is 28.8 Å². The van der Waals surface area contributed by atoms with Gasteiger partial charge in [0.1, 0.15) is 17.9 Å². The molecular formula is C28H37NO6. The van der Waals surface area contributed by atoms with Crippen molar-refractivity contribution in [3.05, 3.63) is 47.1 Å². The first kappa shape index (κ1) is 26.9. The third-order valence-corrected chi connectivity index (χ3v) is 6.70. The molecule has 3 atom stereocenters. The summed E-state index contributed by atoms with van der Waals surface area (Å²) in [5, 5.41) is 18.3. The minimum atomic E-state index is -0.411. The fourth-order valence-corrected chi connectivity index (χ4v) is 4.64. The molecule has 0 bridgehead atoms. The smallest absolute Gasteiger partial charge is 0.331 e. The molecule has 1 saturated carbocycles. The number of hydrogen-bond donors (Lipinski definition) is 1. The van der Waals surface area contributed by atoms with Crippen LogP contribution in [0.4, 0.5) is 0 Å². The van der Waals surface area contributed by atoms with Crippen molar-refractivity contribution in [1.29, 1.82) is 5.26 Å². The van der Waals surface area contributed by atoms with E-state index in [1.54, 1.807) is 24.3 Å². The molecule has 2 aliphatic rings. The fraction of sp³-hybridized carbons (Fsp3) is 0.571. The maximum Gasteiger partial charge on any atom is 0.331 e. The molecule has 7 nitrogen and oxygen atoms in total. The number of carbonyl (C=O) groups is 1. The minimum absolute atomic E-state index is 0.0288. The Morgan fingerprint density at radius 2 is 2.14 bits per heavy atom. The van der Waals surface area contributed by atoms with Gasteiger partial charge in [0.2, 0.25) is 0 Å². The van der Waals surface area contributed by atoms with Crippen LogP contribution < -0.4 is 4.74 Å². The molecule has 0 aromatic heterocycles. The Bertz CT molecular complexity index is 982. The van der Waals surface area contributed by atoms with Crippen LogP contribution in [0, 0.1) is 17.2 Å². The van der Waals surface area contributed by atoms with Crippen LogP contribution in [0.25, 0.3) is 6.08 Å². The Hall–Kier alpha value is -2.66. The average molecular weight is 484 g/mol. The second-order valence-corrected chi connectivity index (χ2v) is 10.1. The van der Waals surface area contributed by atoms with Crippen molar-refractivity contribution >= 4 is 12.0 Å². The predicted molar refractivity (Wildman–Crippen MR) is 133 cm³/mol. The second kappa shape index (κ2) is 11.9. The molecule has 2 fully saturated rings. The van der Waals surface area contributed by atoms with Gasteiger partial charge in [0, 0.05) is 25.0 Å². The van der Waals surface area contributed by atoms with Gasteiger partial charge < -0.3 is 24.1 Å². The van der Waals surface area contributed by atoms with Gasteiger partial charge in [0.05, 0.1) is 36.6 Å². The summed E-state index contributed by atoms with van der Waals surface area (Å²) in [4.78, 5) is 12.6. The van der Waals surface area contributed by atoms with Crippen molar-refractivity contribution in [3.8, 4) is 11.8 Å². The first-order chi connectivity index (χ1) is 16.7. The fourth-order valence-electron chi connectivity index (χ4n) is 4.64. The van der Waals surface area contributed by atoms with E-state index in [-0.39, 0.29) is 24.2 Å². The quantitative estimate of drug-likeness (QED) is 0.162. The molecule has 1 saturated heterocycles. The summed E-state index contributed by atoms with van der Waals surface area (Å²) in [6.07, 6.45) is 7.70. The van der Waals surface area contributed by atoms with Crippen LogP contribution in [0.3, 0.4) is 0 Å². The van der Waals surface area contributed by atoms with E-state index in [0.29, 0.717) is 42.9 Å². The molecule has 1 aromatic carbocycles. The minimum Gasteiger partial charge on any atom is -0.492 e. The van der Waals surface area contributed by atoms with Crippen molar-refractivity contribution in [2.75, 3.05) is 26.4 Å². The van der Waals surface area contributed by atoms with E-state index in [9.17, 15) is 10.1 Å². The van der Waals surface area contributed by atoms with Gasteiger partial charge in [-0.3, -0.25) is 0 Å². The number of hydrogen-bond acceptors (Lipinski definition) is 7. The monoisotopic (exact) mass is 483 g/mol.